The average molecular weight is 303 g/mol. The number of methoxy groups -OCH3 is 1. The number of hydrogen-bond donors (Lipinski definition) is 0. The molecule has 0 aliphatic carbocycles. The molecule has 0 saturated heterocycles. The van der Waals surface area contributed by atoms with Gasteiger partial charge < -0.3 is 4.74 Å². The molecule has 0 spiro atoms. The van der Waals surface area contributed by atoms with Gasteiger partial charge in [0, 0.05) is 12.5 Å². The quantitative estimate of drug-likeness (QED) is 0.453. The van der Waals surface area contributed by atoms with Crippen LogP contribution in [0.4, 0.5) is 0 Å². The zero-order valence-corrected chi connectivity index (χ0v) is 12.5. The number of Topliss-reactive ketones (excluding diaryl/α,β-unsaturated/α-hetero) is 1. The number of carbonyl (C=O) groups is 4. The van der Waals surface area contributed by atoms with E-state index in [4.69, 9.17) is 0 Å². The Morgan fingerprint density at radius 3 is 2.14 bits per heavy atom. The molecule has 0 bridgehead atoms. The van der Waals surface area contributed by atoms with Gasteiger partial charge >= 0.3 is 5.97 Å². The van der Waals surface area contributed by atoms with Crippen LogP contribution in [0.2, 0.25) is 0 Å². The number of imide groups is 1. The van der Waals surface area contributed by atoms with Crippen LogP contribution in [-0.2, 0) is 14.3 Å². The van der Waals surface area contributed by atoms with Crippen molar-refractivity contribution < 1.29 is 23.9 Å². The highest BCUT2D eigenvalue weighted by Crippen LogP contribution is 2.27. The van der Waals surface area contributed by atoms with E-state index in [1.807, 2.05) is 6.92 Å². The summed E-state index contributed by atoms with van der Waals surface area (Å²) in [6.45, 7) is 1.83. The average Bonchev–Trinajstić information content (AvgIpc) is 2.80. The highest BCUT2D eigenvalue weighted by molar-refractivity contribution is 6.33. The summed E-state index contributed by atoms with van der Waals surface area (Å²) < 4.78 is 4.36. The zero-order valence-electron chi connectivity index (χ0n) is 12.5. The molecular formula is C16H17NO5. The van der Waals surface area contributed by atoms with Crippen molar-refractivity contribution in [2.75, 3.05) is 7.11 Å². The highest BCUT2D eigenvalue weighted by atomic mass is 16.5. The molecule has 0 saturated carbocycles. The van der Waals surface area contributed by atoms with Crippen LogP contribution < -0.4 is 0 Å². The van der Waals surface area contributed by atoms with E-state index < -0.39 is 17.8 Å². The van der Waals surface area contributed by atoms with Gasteiger partial charge in [0.25, 0.3) is 11.8 Å². The molecule has 22 heavy (non-hydrogen) atoms. The molecule has 1 aromatic carbocycles. The summed E-state index contributed by atoms with van der Waals surface area (Å²) in [5.41, 5.74) is 0.760. The molecule has 1 aliphatic rings. The topological polar surface area (TPSA) is 80.8 Å². The van der Waals surface area contributed by atoms with Gasteiger partial charge in [0.2, 0.25) is 5.78 Å². The van der Waals surface area contributed by atoms with Crippen molar-refractivity contribution in [3.63, 3.8) is 0 Å². The van der Waals surface area contributed by atoms with E-state index in [0.29, 0.717) is 17.5 Å². The fourth-order valence-corrected chi connectivity index (χ4v) is 2.57. The lowest BCUT2D eigenvalue weighted by molar-refractivity contribution is -0.151. The number of amides is 2. The number of rotatable bonds is 6. The van der Waals surface area contributed by atoms with Crippen molar-refractivity contribution in [3.05, 3.63) is 35.4 Å². The van der Waals surface area contributed by atoms with Crippen LogP contribution in [0.25, 0.3) is 0 Å². The van der Waals surface area contributed by atoms with Gasteiger partial charge in [0.05, 0.1) is 18.2 Å². The van der Waals surface area contributed by atoms with E-state index in [1.165, 1.54) is 4.90 Å². The maximum Gasteiger partial charge on any atom is 0.374 e. The smallest absolute Gasteiger partial charge is 0.374 e. The Kier molecular flexibility index (Phi) is 4.70. The second-order valence-electron chi connectivity index (χ2n) is 5.04. The number of esters is 1. The largest absolute Gasteiger partial charge is 0.463 e. The zero-order chi connectivity index (χ0) is 16.3. The van der Waals surface area contributed by atoms with Gasteiger partial charge in [-0.25, -0.2) is 4.79 Å². The van der Waals surface area contributed by atoms with Crippen molar-refractivity contribution in [1.29, 1.82) is 0 Å². The molecule has 6 heteroatoms. The number of benzene rings is 1. The molecular weight excluding hydrogens is 286 g/mol. The van der Waals surface area contributed by atoms with E-state index in [2.05, 4.69) is 4.74 Å². The molecule has 1 heterocycles. The third-order valence-corrected chi connectivity index (χ3v) is 3.78. The predicted octanol–water partition coefficient (Wildman–Crippen LogP) is 1.58. The van der Waals surface area contributed by atoms with Gasteiger partial charge in [0.1, 0.15) is 0 Å². The van der Waals surface area contributed by atoms with E-state index in [-0.39, 0.29) is 24.7 Å². The number of hydrogen-bond acceptors (Lipinski definition) is 5. The van der Waals surface area contributed by atoms with E-state index in [9.17, 15) is 19.2 Å². The Morgan fingerprint density at radius 1 is 1.14 bits per heavy atom. The lowest BCUT2D eigenvalue weighted by atomic mass is 10.0. The van der Waals surface area contributed by atoms with Crippen molar-refractivity contribution in [2.24, 2.45) is 0 Å². The van der Waals surface area contributed by atoms with Gasteiger partial charge in [0.15, 0.2) is 0 Å². The first kappa shape index (κ1) is 15.9. The van der Waals surface area contributed by atoms with Gasteiger partial charge in [-0.15, -0.1) is 0 Å². The van der Waals surface area contributed by atoms with Gasteiger partial charge in [-0.2, -0.15) is 0 Å². The van der Waals surface area contributed by atoms with E-state index in [1.54, 1.807) is 24.3 Å². The minimum atomic E-state index is -0.905. The van der Waals surface area contributed by atoms with Crippen molar-refractivity contribution in [3.8, 4) is 0 Å². The predicted molar refractivity (Wildman–Crippen MR) is 77.3 cm³/mol. The summed E-state index contributed by atoms with van der Waals surface area (Å²) in [5.74, 6) is -2.26. The molecule has 2 rings (SSSR count). The summed E-state index contributed by atoms with van der Waals surface area (Å²) in [6, 6.07) is 6.22. The summed E-state index contributed by atoms with van der Waals surface area (Å²) in [4.78, 5) is 48.6. The highest BCUT2D eigenvalue weighted by Gasteiger charge is 2.39. The molecule has 1 aliphatic heterocycles. The Bertz CT molecular complexity index is 602. The number of carbonyl (C=O) groups excluding carboxylic acids is 4. The Labute approximate surface area is 128 Å². The van der Waals surface area contributed by atoms with E-state index >= 15 is 0 Å². The van der Waals surface area contributed by atoms with Crippen LogP contribution in [0.15, 0.2) is 24.3 Å². The maximum atomic E-state index is 12.4. The van der Waals surface area contributed by atoms with Crippen LogP contribution in [0.5, 0.6) is 0 Å². The Morgan fingerprint density at radius 2 is 1.68 bits per heavy atom. The fourth-order valence-electron chi connectivity index (χ4n) is 2.57. The van der Waals surface area contributed by atoms with E-state index in [0.717, 1.165) is 7.11 Å². The molecule has 1 unspecified atom stereocenters. The first-order valence-corrected chi connectivity index (χ1v) is 7.09. The molecule has 1 aromatic rings. The second-order valence-corrected chi connectivity index (χ2v) is 5.04. The third kappa shape index (κ3) is 2.77. The number of fused-ring (bicyclic) bond motifs is 1. The Balaban J connectivity index is 2.13. The maximum absolute atomic E-state index is 12.4. The van der Waals surface area contributed by atoms with Crippen molar-refractivity contribution >= 4 is 23.6 Å². The number of ketones is 1. The molecule has 0 N–H and O–H groups in total. The molecule has 6 nitrogen and oxygen atoms in total. The molecule has 0 radical (unpaired) electrons. The lowest BCUT2D eigenvalue weighted by Gasteiger charge is -2.24. The van der Waals surface area contributed by atoms with Gasteiger partial charge in [-0.1, -0.05) is 19.1 Å². The minimum Gasteiger partial charge on any atom is -0.463 e. The normalized spacial score (nSPS) is 14.7. The summed E-state index contributed by atoms with van der Waals surface area (Å²) >= 11 is 0. The molecule has 0 aromatic heterocycles. The van der Waals surface area contributed by atoms with Crippen LogP contribution in [0.1, 0.15) is 46.9 Å². The first-order chi connectivity index (χ1) is 10.5. The summed E-state index contributed by atoms with van der Waals surface area (Å²) in [5, 5.41) is 0. The fraction of sp³-hybridized carbons (Fsp3) is 0.375. The molecule has 1 atom stereocenters. The monoisotopic (exact) mass is 303 g/mol. The van der Waals surface area contributed by atoms with Crippen LogP contribution >= 0.6 is 0 Å². The standard InChI is InChI=1S/C16H17NO5/c1-3-10(8-9-13(18)16(21)22-2)17-14(19)11-6-4-5-7-12(11)15(17)20/h4-7,10H,3,8-9H2,1-2H3. The lowest BCUT2D eigenvalue weighted by Crippen LogP contribution is -2.40. The Hall–Kier alpha value is -2.50. The summed E-state index contributed by atoms with van der Waals surface area (Å²) in [6.07, 6.45) is 0.703. The number of nitrogens with zero attached hydrogens (tertiary/aromatic N) is 1. The summed E-state index contributed by atoms with van der Waals surface area (Å²) in [7, 11) is 1.14. The van der Waals surface area contributed by atoms with Crippen LogP contribution in [0.3, 0.4) is 0 Å². The SMILES string of the molecule is CCC(CCC(=O)C(=O)OC)N1C(=O)c2ccccc2C1=O. The first-order valence-electron chi connectivity index (χ1n) is 7.09. The van der Waals surface area contributed by atoms with Crippen molar-refractivity contribution in [1.82, 2.24) is 4.90 Å². The third-order valence-electron chi connectivity index (χ3n) is 3.78. The molecule has 0 fully saturated rings. The number of ether oxygens (including phenoxy) is 1. The van der Waals surface area contributed by atoms with Crippen LogP contribution in [-0.4, -0.2) is 41.6 Å². The molecule has 2 amide bonds. The second kappa shape index (κ2) is 6.51. The van der Waals surface area contributed by atoms with Crippen molar-refractivity contribution in [2.45, 2.75) is 32.2 Å². The molecule has 116 valence electrons. The van der Waals surface area contributed by atoms with Gasteiger partial charge in [-0.3, -0.25) is 19.3 Å². The van der Waals surface area contributed by atoms with Gasteiger partial charge in [-0.05, 0) is 25.0 Å². The van der Waals surface area contributed by atoms with Crippen LogP contribution in [0, 0.1) is 0 Å². The minimum absolute atomic E-state index is 0.0570.